The molecule has 4 rings (SSSR count). The number of hydrogen-bond donors (Lipinski definition) is 2. The lowest BCUT2D eigenvalue weighted by Crippen LogP contribution is -2.23. The summed E-state index contributed by atoms with van der Waals surface area (Å²) in [6.45, 7) is 2.83. The molecule has 2 aliphatic rings. The van der Waals surface area contributed by atoms with Crippen LogP contribution in [-0.2, 0) is 6.54 Å². The molecule has 3 atom stereocenters. The Bertz CT molecular complexity index is 812. The molecule has 0 radical (unpaired) electrons. The fourth-order valence-electron chi connectivity index (χ4n) is 4.19. The number of nitrogens with zero attached hydrogens (tertiary/aromatic N) is 1. The second-order valence-corrected chi connectivity index (χ2v) is 7.06. The molecule has 2 aromatic rings. The number of piperidine rings is 1. The first-order valence-corrected chi connectivity index (χ1v) is 8.70. The van der Waals surface area contributed by atoms with Crippen LogP contribution in [0.1, 0.15) is 17.0 Å². The van der Waals surface area contributed by atoms with Crippen molar-refractivity contribution in [2.45, 2.75) is 12.5 Å². The van der Waals surface area contributed by atoms with Gasteiger partial charge in [-0.05, 0) is 53.1 Å². The van der Waals surface area contributed by atoms with Crippen LogP contribution in [-0.4, -0.2) is 36.3 Å². The second-order valence-electron chi connectivity index (χ2n) is 7.06. The zero-order chi connectivity index (χ0) is 18.3. The van der Waals surface area contributed by atoms with Gasteiger partial charge in [-0.1, -0.05) is 18.2 Å². The fraction of sp³-hybridized carbons (Fsp3) is 0.350. The second kappa shape index (κ2) is 6.61. The van der Waals surface area contributed by atoms with Gasteiger partial charge < -0.3 is 9.84 Å². The maximum atomic E-state index is 14.4. The number of hydrogen-bond acceptors (Lipinski definition) is 3. The summed E-state index contributed by atoms with van der Waals surface area (Å²) in [4.78, 5) is 13.1. The number of amides is 1. The van der Waals surface area contributed by atoms with E-state index in [4.69, 9.17) is 9.84 Å². The van der Waals surface area contributed by atoms with Crippen LogP contribution < -0.4 is 10.1 Å². The number of benzene rings is 2. The van der Waals surface area contributed by atoms with Crippen molar-refractivity contribution in [1.82, 2.24) is 4.90 Å². The molecule has 0 bridgehead atoms. The van der Waals surface area contributed by atoms with E-state index in [1.807, 2.05) is 12.1 Å². The number of halogens is 1. The summed E-state index contributed by atoms with van der Waals surface area (Å²) < 4.78 is 19.5. The van der Waals surface area contributed by atoms with Gasteiger partial charge >= 0.3 is 6.09 Å². The minimum absolute atomic E-state index is 0.251. The number of carbonyl (C=O) groups is 1. The standard InChI is InChI=1S/C20H21FN2O3/c1-26-14-5-2-12(3-6-14)9-23-10-16-17(11-23)19(16)15-7-4-13(8-18(15)21)22-20(24)25/h2-8,16-17,19,22H,9-11H2,1H3,(H,24,25)/t16-,17+,19?. The van der Waals surface area contributed by atoms with E-state index in [1.165, 1.54) is 11.6 Å². The molecule has 5 nitrogen and oxygen atoms in total. The smallest absolute Gasteiger partial charge is 0.409 e. The molecule has 1 saturated heterocycles. The van der Waals surface area contributed by atoms with Gasteiger partial charge in [0.1, 0.15) is 11.6 Å². The van der Waals surface area contributed by atoms with Crippen molar-refractivity contribution >= 4 is 11.8 Å². The highest BCUT2D eigenvalue weighted by molar-refractivity contribution is 5.82. The molecule has 1 heterocycles. The lowest BCUT2D eigenvalue weighted by atomic mass is 10.1. The van der Waals surface area contributed by atoms with Gasteiger partial charge in [-0.25, -0.2) is 9.18 Å². The number of fused-ring (bicyclic) bond motifs is 1. The molecule has 1 aliphatic carbocycles. The van der Waals surface area contributed by atoms with Crippen LogP contribution in [0.3, 0.4) is 0 Å². The normalized spacial score (nSPS) is 24.2. The molecule has 0 aromatic heterocycles. The molecule has 0 spiro atoms. The molecular weight excluding hydrogens is 335 g/mol. The van der Waals surface area contributed by atoms with Gasteiger partial charge in [0, 0.05) is 25.3 Å². The molecule has 1 unspecified atom stereocenters. The van der Waals surface area contributed by atoms with E-state index in [0.29, 0.717) is 17.4 Å². The third-order valence-corrected chi connectivity index (χ3v) is 5.45. The van der Waals surface area contributed by atoms with Gasteiger partial charge in [0.2, 0.25) is 0 Å². The number of ether oxygens (including phenoxy) is 1. The first kappa shape index (κ1) is 16.8. The van der Waals surface area contributed by atoms with E-state index in [-0.39, 0.29) is 17.4 Å². The fourth-order valence-corrected chi connectivity index (χ4v) is 4.19. The number of anilines is 1. The summed E-state index contributed by atoms with van der Waals surface area (Å²) in [5.74, 6) is 1.76. The quantitative estimate of drug-likeness (QED) is 0.856. The highest BCUT2D eigenvalue weighted by Gasteiger charge is 2.56. The van der Waals surface area contributed by atoms with E-state index in [0.717, 1.165) is 25.4 Å². The van der Waals surface area contributed by atoms with Gasteiger partial charge in [-0.3, -0.25) is 10.2 Å². The van der Waals surface area contributed by atoms with E-state index in [9.17, 15) is 9.18 Å². The summed E-state index contributed by atoms with van der Waals surface area (Å²) in [5.41, 5.74) is 2.23. The third kappa shape index (κ3) is 3.24. The van der Waals surface area contributed by atoms with E-state index >= 15 is 0 Å². The number of methoxy groups -OCH3 is 1. The number of likely N-dealkylation sites (tertiary alicyclic amines) is 1. The third-order valence-electron chi connectivity index (χ3n) is 5.45. The van der Waals surface area contributed by atoms with Crippen LogP contribution in [0.2, 0.25) is 0 Å². The maximum Gasteiger partial charge on any atom is 0.409 e. The minimum atomic E-state index is -1.19. The Hall–Kier alpha value is -2.60. The molecule has 1 saturated carbocycles. The molecule has 26 heavy (non-hydrogen) atoms. The summed E-state index contributed by atoms with van der Waals surface area (Å²) >= 11 is 0. The Labute approximate surface area is 151 Å². The van der Waals surface area contributed by atoms with Crippen LogP contribution >= 0.6 is 0 Å². The molecule has 2 N–H and O–H groups in total. The van der Waals surface area contributed by atoms with E-state index < -0.39 is 6.09 Å². The Balaban J connectivity index is 1.36. The van der Waals surface area contributed by atoms with Crippen molar-refractivity contribution in [3.05, 3.63) is 59.4 Å². The zero-order valence-electron chi connectivity index (χ0n) is 14.5. The first-order valence-electron chi connectivity index (χ1n) is 8.70. The molecule has 1 amide bonds. The molecular formula is C20H21FN2O3. The van der Waals surface area contributed by atoms with Crippen LogP contribution in [0.4, 0.5) is 14.9 Å². The van der Waals surface area contributed by atoms with Gasteiger partial charge in [-0.2, -0.15) is 0 Å². The lowest BCUT2D eigenvalue weighted by molar-refractivity contribution is 0.209. The van der Waals surface area contributed by atoms with Crippen molar-refractivity contribution in [2.24, 2.45) is 11.8 Å². The predicted octanol–water partition coefficient (Wildman–Crippen LogP) is 3.77. The van der Waals surface area contributed by atoms with E-state index in [2.05, 4.69) is 22.3 Å². The average Bonchev–Trinajstić information content (AvgIpc) is 3.09. The van der Waals surface area contributed by atoms with Gasteiger partial charge in [-0.15, -0.1) is 0 Å². The predicted molar refractivity (Wildman–Crippen MR) is 96.0 cm³/mol. The Morgan fingerprint density at radius 3 is 2.50 bits per heavy atom. The summed E-state index contributed by atoms with van der Waals surface area (Å²) in [6, 6.07) is 12.7. The first-order chi connectivity index (χ1) is 12.5. The van der Waals surface area contributed by atoms with Gasteiger partial charge in [0.05, 0.1) is 7.11 Å². The Morgan fingerprint density at radius 2 is 1.92 bits per heavy atom. The van der Waals surface area contributed by atoms with Crippen LogP contribution in [0.5, 0.6) is 5.75 Å². The summed E-state index contributed by atoms with van der Waals surface area (Å²) in [6.07, 6.45) is -1.19. The SMILES string of the molecule is COc1ccc(CN2C[C@@H]3C(c4ccc(NC(=O)O)cc4F)[C@@H]3C2)cc1. The van der Waals surface area contributed by atoms with Crippen molar-refractivity contribution < 1.29 is 19.0 Å². The molecule has 2 fully saturated rings. The summed E-state index contributed by atoms with van der Waals surface area (Å²) in [7, 11) is 1.66. The van der Waals surface area contributed by atoms with Crippen molar-refractivity contribution in [3.8, 4) is 5.75 Å². The summed E-state index contributed by atoms with van der Waals surface area (Å²) in [5, 5.41) is 10.9. The highest BCUT2D eigenvalue weighted by atomic mass is 19.1. The van der Waals surface area contributed by atoms with Crippen molar-refractivity contribution in [1.29, 1.82) is 0 Å². The highest BCUT2D eigenvalue weighted by Crippen LogP contribution is 2.58. The van der Waals surface area contributed by atoms with Crippen LogP contribution in [0, 0.1) is 17.7 Å². The lowest BCUT2D eigenvalue weighted by Gasteiger charge is -2.20. The molecule has 6 heteroatoms. The van der Waals surface area contributed by atoms with Crippen molar-refractivity contribution in [2.75, 3.05) is 25.5 Å². The average molecular weight is 356 g/mol. The van der Waals surface area contributed by atoms with Crippen molar-refractivity contribution in [3.63, 3.8) is 0 Å². The Morgan fingerprint density at radius 1 is 1.23 bits per heavy atom. The molecule has 136 valence electrons. The molecule has 2 aromatic carbocycles. The van der Waals surface area contributed by atoms with Crippen LogP contribution in [0.25, 0.3) is 0 Å². The topological polar surface area (TPSA) is 61.8 Å². The minimum Gasteiger partial charge on any atom is -0.497 e. The number of nitrogens with one attached hydrogen (secondary N) is 1. The maximum absolute atomic E-state index is 14.4. The number of rotatable bonds is 5. The largest absolute Gasteiger partial charge is 0.497 e. The number of carboxylic acid groups (broad SMARTS) is 1. The van der Waals surface area contributed by atoms with Gasteiger partial charge in [0.25, 0.3) is 0 Å². The van der Waals surface area contributed by atoms with Crippen LogP contribution in [0.15, 0.2) is 42.5 Å². The zero-order valence-corrected chi connectivity index (χ0v) is 14.5. The Kier molecular flexibility index (Phi) is 4.28. The monoisotopic (exact) mass is 356 g/mol. The van der Waals surface area contributed by atoms with Gasteiger partial charge in [0.15, 0.2) is 0 Å². The van der Waals surface area contributed by atoms with E-state index in [1.54, 1.807) is 19.2 Å². The molecule has 1 aliphatic heterocycles.